The lowest BCUT2D eigenvalue weighted by molar-refractivity contribution is 0.0864. The van der Waals surface area contributed by atoms with Crippen molar-refractivity contribution in [2.45, 2.75) is 19.4 Å². The summed E-state index contributed by atoms with van der Waals surface area (Å²) in [5, 5.41) is 2.87. The summed E-state index contributed by atoms with van der Waals surface area (Å²) in [5.41, 5.74) is 6.95. The number of aromatic nitrogens is 2. The summed E-state index contributed by atoms with van der Waals surface area (Å²) in [7, 11) is -0.0926. The molecule has 0 amide bonds. The second-order valence-corrected chi connectivity index (χ2v) is 9.24. The first-order valence-corrected chi connectivity index (χ1v) is 11.4. The van der Waals surface area contributed by atoms with Crippen LogP contribution in [0.2, 0.25) is 0 Å². The Bertz CT molecular complexity index is 966. The van der Waals surface area contributed by atoms with E-state index in [9.17, 15) is 8.96 Å². The molecule has 1 aliphatic rings. The Labute approximate surface area is 173 Å². The van der Waals surface area contributed by atoms with Crippen LogP contribution in [0.5, 0.6) is 5.75 Å². The Hall–Kier alpha value is -2.46. The molecule has 0 fully saturated rings. The fourth-order valence-corrected chi connectivity index (χ4v) is 3.78. The van der Waals surface area contributed by atoms with Gasteiger partial charge in [-0.25, -0.2) is 9.37 Å². The van der Waals surface area contributed by atoms with Gasteiger partial charge in [0.25, 0.3) is 0 Å². The molecule has 0 radical (unpaired) electrons. The Morgan fingerprint density at radius 3 is 2.87 bits per heavy atom. The fraction of sp³-hybridized carbons (Fsp3) is 0.444. The highest BCUT2D eigenvalue weighted by molar-refractivity contribution is 7.57. The number of aliphatic imine (C=N–C) groups is 1. The number of nitrogens with zero attached hydrogens (tertiary/aromatic N) is 3. The molecule has 30 heavy (non-hydrogen) atoms. The lowest BCUT2D eigenvalue weighted by Crippen LogP contribution is -2.38. The second kappa shape index (κ2) is 9.57. The summed E-state index contributed by atoms with van der Waals surface area (Å²) in [5.74, 6) is 0.457. The van der Waals surface area contributed by atoms with Gasteiger partial charge in [-0.3, -0.25) is 4.57 Å². The first kappa shape index (κ1) is 22.2. The van der Waals surface area contributed by atoms with Crippen molar-refractivity contribution in [1.82, 2.24) is 14.9 Å². The summed E-state index contributed by atoms with van der Waals surface area (Å²) in [6.07, 6.45) is 1.08. The zero-order valence-corrected chi connectivity index (χ0v) is 17.9. The van der Waals surface area contributed by atoms with Crippen molar-refractivity contribution >= 4 is 19.1 Å². The molecule has 2 unspecified atom stereocenters. The number of nitrogens with one attached hydrogen (secondary N) is 1. The molecule has 0 saturated carbocycles. The molecule has 1 aromatic heterocycles. The second-order valence-electron chi connectivity index (χ2n) is 6.70. The van der Waals surface area contributed by atoms with Gasteiger partial charge in [0.2, 0.25) is 7.37 Å². The Kier molecular flexibility index (Phi) is 7.09. The minimum atomic E-state index is -3.02. The van der Waals surface area contributed by atoms with Crippen LogP contribution in [0.25, 0.3) is 0 Å². The monoisotopic (exact) mass is 441 g/mol. The highest BCUT2D eigenvalue weighted by Gasteiger charge is 2.25. The summed E-state index contributed by atoms with van der Waals surface area (Å²) >= 11 is 0. The molecule has 0 aliphatic carbocycles. The first-order chi connectivity index (χ1) is 14.3. The third kappa shape index (κ3) is 5.37. The summed E-state index contributed by atoms with van der Waals surface area (Å²) in [6.45, 7) is 2.18. The number of benzene rings is 1. The summed E-state index contributed by atoms with van der Waals surface area (Å²) < 4.78 is 49.2. The van der Waals surface area contributed by atoms with Gasteiger partial charge in [0.15, 0.2) is 29.6 Å². The molecular formula is C18H25FN5O5P. The largest absolute Gasteiger partial charge is 0.494 e. The number of halogens is 1. The maximum Gasteiger partial charge on any atom is 0.225 e. The van der Waals surface area contributed by atoms with Gasteiger partial charge < -0.3 is 34.4 Å². The summed E-state index contributed by atoms with van der Waals surface area (Å²) in [6, 6.07) is 4.44. The number of nitrogens with two attached hydrogens (primary N) is 1. The van der Waals surface area contributed by atoms with E-state index >= 15 is 0 Å². The smallest absolute Gasteiger partial charge is 0.225 e. The van der Waals surface area contributed by atoms with Crippen molar-refractivity contribution < 1.29 is 27.7 Å². The molecule has 10 nitrogen and oxygen atoms in total. The van der Waals surface area contributed by atoms with Gasteiger partial charge in [-0.05, 0) is 17.7 Å². The van der Waals surface area contributed by atoms with Gasteiger partial charge in [-0.2, -0.15) is 4.99 Å². The molecule has 2 aromatic rings. The quantitative estimate of drug-likeness (QED) is 0.426. The van der Waals surface area contributed by atoms with E-state index in [1.54, 1.807) is 24.1 Å². The average molecular weight is 441 g/mol. The van der Waals surface area contributed by atoms with Crippen molar-refractivity contribution in [3.63, 3.8) is 0 Å². The molecule has 0 bridgehead atoms. The molecule has 164 valence electrons. The predicted octanol–water partition coefficient (Wildman–Crippen LogP) is 2.32. The number of hydrogen-bond donors (Lipinski definition) is 2. The predicted molar refractivity (Wildman–Crippen MR) is 108 cm³/mol. The molecule has 3 N–H and O–H groups in total. The van der Waals surface area contributed by atoms with E-state index in [4.69, 9.17) is 24.5 Å². The highest BCUT2D eigenvalue weighted by atomic mass is 31.2. The molecule has 2 heterocycles. The Morgan fingerprint density at radius 1 is 1.37 bits per heavy atom. The highest BCUT2D eigenvalue weighted by Crippen LogP contribution is 2.43. The molecule has 1 aliphatic heterocycles. The van der Waals surface area contributed by atoms with E-state index in [0.717, 1.165) is 0 Å². The van der Waals surface area contributed by atoms with Crippen molar-refractivity contribution in [2.75, 3.05) is 33.8 Å². The van der Waals surface area contributed by atoms with Gasteiger partial charge in [0, 0.05) is 20.3 Å². The number of fused-ring (bicyclic) bond motifs is 1. The maximum atomic E-state index is 13.7. The number of imidazole rings is 1. The van der Waals surface area contributed by atoms with Gasteiger partial charge in [0.05, 0.1) is 26.7 Å². The Morgan fingerprint density at radius 2 is 2.17 bits per heavy atom. The van der Waals surface area contributed by atoms with E-state index in [0.29, 0.717) is 23.6 Å². The van der Waals surface area contributed by atoms with Crippen LogP contribution in [0, 0.1) is 5.82 Å². The van der Waals surface area contributed by atoms with Crippen LogP contribution in [0.15, 0.2) is 29.5 Å². The standard InChI is InChI=1S/C18H25FN5O5P/c1-26-14-5-4-12(8-13(14)19)9-29-30(3,25)11-28-7-6-24-10-21-15-16(24)22-18(20)23-17(15)27-2/h4-5,8,10,17H,6-7,9,11H2,1-3H3,(H3,20,22,23). The SMILES string of the molecule is COc1ccc(COP(C)(=O)COCCn2cnc3c2N=C(N)NC3OC)cc1F. The van der Waals surface area contributed by atoms with Crippen LogP contribution in [0.4, 0.5) is 10.2 Å². The van der Waals surface area contributed by atoms with Crippen LogP contribution >= 0.6 is 7.37 Å². The lowest BCUT2D eigenvalue weighted by Gasteiger charge is -2.21. The molecular weight excluding hydrogens is 416 g/mol. The zero-order chi connectivity index (χ0) is 21.7. The topological polar surface area (TPSA) is 122 Å². The maximum absolute atomic E-state index is 13.7. The van der Waals surface area contributed by atoms with Crippen molar-refractivity contribution in [3.05, 3.63) is 41.6 Å². The lowest BCUT2D eigenvalue weighted by atomic mass is 10.2. The normalized spacial score (nSPS) is 17.6. The van der Waals surface area contributed by atoms with Crippen molar-refractivity contribution in [1.29, 1.82) is 0 Å². The summed E-state index contributed by atoms with van der Waals surface area (Å²) in [4.78, 5) is 8.53. The first-order valence-electron chi connectivity index (χ1n) is 9.12. The molecule has 0 saturated heterocycles. The number of guanidine groups is 1. The van der Waals surface area contributed by atoms with Crippen LogP contribution < -0.4 is 15.8 Å². The zero-order valence-electron chi connectivity index (χ0n) is 17.0. The average Bonchev–Trinajstić information content (AvgIpc) is 3.12. The van der Waals surface area contributed by atoms with E-state index in [1.807, 2.05) is 0 Å². The van der Waals surface area contributed by atoms with Gasteiger partial charge in [0.1, 0.15) is 12.0 Å². The van der Waals surface area contributed by atoms with Gasteiger partial charge in [-0.15, -0.1) is 0 Å². The molecule has 2 atom stereocenters. The number of methoxy groups -OCH3 is 2. The van der Waals surface area contributed by atoms with Crippen molar-refractivity contribution in [2.24, 2.45) is 10.7 Å². The molecule has 12 heteroatoms. The number of hydrogen-bond acceptors (Lipinski definition) is 9. The minimum Gasteiger partial charge on any atom is -0.494 e. The molecule has 3 rings (SSSR count). The fourth-order valence-electron chi connectivity index (χ4n) is 2.82. The number of ether oxygens (including phenoxy) is 3. The van der Waals surface area contributed by atoms with E-state index < -0.39 is 19.4 Å². The van der Waals surface area contributed by atoms with E-state index in [1.165, 1.54) is 25.9 Å². The van der Waals surface area contributed by atoms with Gasteiger partial charge in [-0.1, -0.05) is 6.07 Å². The van der Waals surface area contributed by atoms with Crippen LogP contribution in [0.1, 0.15) is 17.5 Å². The van der Waals surface area contributed by atoms with E-state index in [2.05, 4.69) is 15.3 Å². The van der Waals surface area contributed by atoms with Gasteiger partial charge >= 0.3 is 0 Å². The third-order valence-electron chi connectivity index (χ3n) is 4.35. The molecule has 0 spiro atoms. The van der Waals surface area contributed by atoms with Crippen LogP contribution in [0.3, 0.4) is 0 Å². The van der Waals surface area contributed by atoms with Crippen LogP contribution in [-0.2, 0) is 31.7 Å². The molecule has 1 aromatic carbocycles. The van der Waals surface area contributed by atoms with Crippen LogP contribution in [-0.4, -0.2) is 49.3 Å². The van der Waals surface area contributed by atoms with E-state index in [-0.39, 0.29) is 31.3 Å². The minimum absolute atomic E-state index is 0.00643. The Balaban J connectivity index is 1.48. The third-order valence-corrected chi connectivity index (χ3v) is 5.68. The number of rotatable bonds is 10. The van der Waals surface area contributed by atoms with Crippen molar-refractivity contribution in [3.8, 4) is 5.75 Å².